The Morgan fingerprint density at radius 1 is 1.23 bits per heavy atom. The minimum absolute atomic E-state index is 0.00244. The maximum absolute atomic E-state index is 12.2. The number of rotatable bonds is 8. The molecule has 31 heavy (non-hydrogen) atoms. The first kappa shape index (κ1) is 22.9. The highest BCUT2D eigenvalue weighted by Crippen LogP contribution is 2.39. The summed E-state index contributed by atoms with van der Waals surface area (Å²) >= 11 is 3.96. The van der Waals surface area contributed by atoms with Gasteiger partial charge in [0.15, 0.2) is 5.78 Å². The van der Waals surface area contributed by atoms with Crippen LogP contribution >= 0.6 is 12.9 Å². The first-order valence-electron chi connectivity index (χ1n) is 10.3. The van der Waals surface area contributed by atoms with E-state index in [0.29, 0.717) is 24.3 Å². The van der Waals surface area contributed by atoms with E-state index in [4.69, 9.17) is 9.02 Å². The molecule has 0 fully saturated rings. The summed E-state index contributed by atoms with van der Waals surface area (Å²) in [7, 11) is 0. The number of anilines is 1. The molecule has 1 aliphatic rings. The van der Waals surface area contributed by atoms with E-state index >= 15 is 0 Å². The Morgan fingerprint density at radius 2 is 1.97 bits per heavy atom. The lowest BCUT2D eigenvalue weighted by Gasteiger charge is -2.16. The minimum Gasteiger partial charge on any atom is -0.494 e. The van der Waals surface area contributed by atoms with Gasteiger partial charge in [0.2, 0.25) is 12.1 Å². The first-order valence-corrected chi connectivity index (χ1v) is 10.7. The van der Waals surface area contributed by atoms with E-state index in [1.807, 2.05) is 64.2 Å². The Kier molecular flexibility index (Phi) is 6.74. The number of carbonyl (C=O) groups is 2. The summed E-state index contributed by atoms with van der Waals surface area (Å²) < 4.78 is 12.6. The molecule has 1 aliphatic heterocycles. The fourth-order valence-electron chi connectivity index (χ4n) is 3.73. The van der Waals surface area contributed by atoms with E-state index < -0.39 is 5.41 Å². The van der Waals surface area contributed by atoms with Crippen LogP contribution in [-0.2, 0) is 14.5 Å². The number of nitrogens with zero attached hydrogens (tertiary/aromatic N) is 1. The van der Waals surface area contributed by atoms with Crippen LogP contribution in [0.2, 0.25) is 0 Å². The Morgan fingerprint density at radius 3 is 2.65 bits per heavy atom. The predicted molar refractivity (Wildman–Crippen MR) is 125 cm³/mol. The molecule has 0 saturated heterocycles. The monoisotopic (exact) mass is 441 g/mol. The lowest BCUT2D eigenvalue weighted by atomic mass is 9.86. The van der Waals surface area contributed by atoms with Crippen molar-refractivity contribution >= 4 is 42.2 Å². The minimum atomic E-state index is -0.562. The summed E-state index contributed by atoms with van der Waals surface area (Å²) in [6.07, 6.45) is 3.26. The van der Waals surface area contributed by atoms with Gasteiger partial charge in [0.25, 0.3) is 5.69 Å². The van der Waals surface area contributed by atoms with Crippen molar-refractivity contribution in [3.8, 4) is 5.75 Å². The van der Waals surface area contributed by atoms with Gasteiger partial charge in [-0.05, 0) is 75.9 Å². The number of aryl methyl sites for hydroxylation is 1. The number of amides is 1. The average Bonchev–Trinajstić information content (AvgIpc) is 2.95. The molecule has 7 heteroatoms. The van der Waals surface area contributed by atoms with Gasteiger partial charge in [0.1, 0.15) is 18.7 Å². The van der Waals surface area contributed by atoms with E-state index in [-0.39, 0.29) is 11.7 Å². The molecule has 0 atom stereocenters. The number of ether oxygens (including phenoxy) is 1. The van der Waals surface area contributed by atoms with Crippen LogP contribution < -0.4 is 10.1 Å². The fraction of sp³-hybridized carbons (Fsp3) is 0.375. The van der Waals surface area contributed by atoms with Gasteiger partial charge in [-0.1, -0.05) is 6.07 Å². The van der Waals surface area contributed by atoms with Crippen LogP contribution in [0.25, 0.3) is 0 Å². The number of ketones is 1. The van der Waals surface area contributed by atoms with Crippen molar-refractivity contribution in [3.05, 3.63) is 52.6 Å². The summed E-state index contributed by atoms with van der Waals surface area (Å²) in [6, 6.07) is 9.49. The molecule has 0 aromatic heterocycles. The highest BCUT2D eigenvalue weighted by Gasteiger charge is 2.38. The maximum Gasteiger partial charge on any atom is 0.269 e. The van der Waals surface area contributed by atoms with Gasteiger partial charge in [-0.3, -0.25) is 9.59 Å². The summed E-state index contributed by atoms with van der Waals surface area (Å²) in [4.78, 5) is 24.3. The normalized spacial score (nSPS) is 14.8. The van der Waals surface area contributed by atoms with E-state index in [0.717, 1.165) is 34.5 Å². The molecule has 0 unspecified atom stereocenters. The Hall–Kier alpha value is -2.80. The molecule has 0 bridgehead atoms. The Bertz CT molecular complexity index is 1060. The molecular formula is C24H29N2O4S+. The average molecular weight is 442 g/mol. The van der Waals surface area contributed by atoms with Gasteiger partial charge < -0.3 is 10.1 Å². The topological polar surface area (TPSA) is 67.6 Å². The second kappa shape index (κ2) is 9.14. The summed E-state index contributed by atoms with van der Waals surface area (Å²) in [5.41, 5.74) is 4.51. The molecule has 1 heterocycles. The lowest BCUT2D eigenvalue weighted by Crippen LogP contribution is -2.26. The number of unbranched alkanes of at least 4 members (excludes halogenated alkanes) is 1. The van der Waals surface area contributed by atoms with Crippen LogP contribution in [0.4, 0.5) is 11.4 Å². The molecule has 1 amide bonds. The predicted octanol–water partition coefficient (Wildman–Crippen LogP) is 5.09. The van der Waals surface area contributed by atoms with Crippen LogP contribution in [0.15, 0.2) is 30.3 Å². The number of carbonyl (C=O) groups excluding carboxylic acids is 2. The van der Waals surface area contributed by atoms with Crippen molar-refractivity contribution in [2.75, 3.05) is 11.9 Å². The summed E-state index contributed by atoms with van der Waals surface area (Å²) in [5, 5.41) is 2.90. The van der Waals surface area contributed by atoms with Gasteiger partial charge in [0, 0.05) is 22.9 Å². The molecule has 164 valence electrons. The quantitative estimate of drug-likeness (QED) is 0.114. The van der Waals surface area contributed by atoms with E-state index in [1.165, 1.54) is 4.74 Å². The van der Waals surface area contributed by atoms with Crippen LogP contribution in [0, 0.1) is 13.8 Å². The molecule has 1 N–H and O–H groups in total. The third-order valence-electron chi connectivity index (χ3n) is 5.78. The summed E-state index contributed by atoms with van der Waals surface area (Å²) in [5.74, 6) is 0.715. The molecule has 0 radical (unpaired) electrons. The smallest absolute Gasteiger partial charge is 0.269 e. The van der Waals surface area contributed by atoms with E-state index in [9.17, 15) is 9.59 Å². The Balaban J connectivity index is 1.64. The highest BCUT2D eigenvalue weighted by molar-refractivity contribution is 7.74. The largest absolute Gasteiger partial charge is 0.494 e. The zero-order valence-electron chi connectivity index (χ0n) is 18.6. The third-order valence-corrected chi connectivity index (χ3v) is 5.96. The van der Waals surface area contributed by atoms with Crippen molar-refractivity contribution < 1.29 is 23.3 Å². The third kappa shape index (κ3) is 4.61. The molecule has 0 aliphatic carbocycles. The lowest BCUT2D eigenvalue weighted by molar-refractivity contribution is -0.672. The molecule has 0 saturated carbocycles. The number of hydrogen-bond acceptors (Lipinski definition) is 5. The number of thiol groups is 1. The highest BCUT2D eigenvalue weighted by atomic mass is 32.1. The number of fused-ring (bicyclic) bond motifs is 1. The zero-order chi connectivity index (χ0) is 22.8. The summed E-state index contributed by atoms with van der Waals surface area (Å²) in [6.45, 7) is 9.77. The molecule has 2 aromatic carbocycles. The van der Waals surface area contributed by atoms with E-state index in [1.54, 1.807) is 6.92 Å². The standard InChI is InChI=1S/C24H28N2O4S/c1-15-8-11-21(22(16(15)2)17(3)27)26(30-31)12-6-7-13-29-18-9-10-20-19(14-18)24(4,5)23(28)25-20/h8-12,14H,6-7,13H2,1-5H3,(H-,25,28,31)/p+1. The van der Waals surface area contributed by atoms with Crippen LogP contribution in [0.5, 0.6) is 5.75 Å². The number of nitrogens with one attached hydrogen (secondary N) is 1. The van der Waals surface area contributed by atoms with Gasteiger partial charge in [-0.2, -0.15) is 4.28 Å². The maximum atomic E-state index is 12.2. The SMILES string of the molecule is CC(=O)c1c([N+](=CCCCOc2ccc3c(c2)C(C)(C)C(=O)N3)OS)ccc(C)c1C. The first-order chi connectivity index (χ1) is 14.7. The zero-order valence-corrected chi connectivity index (χ0v) is 19.5. The van der Waals surface area contributed by atoms with Crippen LogP contribution in [0.1, 0.15) is 60.7 Å². The van der Waals surface area contributed by atoms with Crippen molar-refractivity contribution in [2.45, 2.75) is 52.9 Å². The van der Waals surface area contributed by atoms with Gasteiger partial charge in [-0.15, -0.1) is 0 Å². The van der Waals surface area contributed by atoms with Gasteiger partial charge in [-0.25, -0.2) is 0 Å². The van der Waals surface area contributed by atoms with Gasteiger partial charge >= 0.3 is 0 Å². The second-order valence-corrected chi connectivity index (χ2v) is 8.49. The molecule has 2 aromatic rings. The van der Waals surface area contributed by atoms with Gasteiger partial charge in [0.05, 0.1) is 17.6 Å². The Labute approximate surface area is 188 Å². The van der Waals surface area contributed by atoms with Crippen molar-refractivity contribution in [3.63, 3.8) is 0 Å². The number of Topliss-reactive ketones (excluding diaryl/α,β-unsaturated/α-hetero) is 1. The number of benzene rings is 2. The van der Waals surface area contributed by atoms with Crippen molar-refractivity contribution in [2.24, 2.45) is 0 Å². The van der Waals surface area contributed by atoms with Crippen molar-refractivity contribution in [1.82, 2.24) is 0 Å². The van der Waals surface area contributed by atoms with E-state index in [2.05, 4.69) is 18.2 Å². The number of hydrogen-bond donors (Lipinski definition) is 2. The molecular weight excluding hydrogens is 412 g/mol. The molecule has 0 spiro atoms. The molecule has 6 nitrogen and oxygen atoms in total. The molecule has 3 rings (SSSR count). The fourth-order valence-corrected chi connectivity index (χ4v) is 3.88. The second-order valence-electron chi connectivity index (χ2n) is 8.32. The van der Waals surface area contributed by atoms with Crippen LogP contribution in [0.3, 0.4) is 0 Å². The van der Waals surface area contributed by atoms with Crippen LogP contribution in [-0.4, -0.2) is 29.3 Å². The van der Waals surface area contributed by atoms with Crippen molar-refractivity contribution in [1.29, 1.82) is 0 Å².